The molecule has 0 unspecified atom stereocenters. The zero-order valence-corrected chi connectivity index (χ0v) is 10.8. The highest BCUT2D eigenvalue weighted by atomic mass is 15.2. The lowest BCUT2D eigenvalue weighted by atomic mass is 9.99. The van der Waals surface area contributed by atoms with Crippen LogP contribution >= 0.6 is 0 Å². The van der Waals surface area contributed by atoms with Gasteiger partial charge in [-0.15, -0.1) is 5.10 Å². The summed E-state index contributed by atoms with van der Waals surface area (Å²) in [4.78, 5) is 2.45. The summed E-state index contributed by atoms with van der Waals surface area (Å²) in [7, 11) is 0. The van der Waals surface area contributed by atoms with E-state index in [1.807, 2.05) is 0 Å². The highest BCUT2D eigenvalue weighted by Gasteiger charge is 2.15. The van der Waals surface area contributed by atoms with E-state index in [0.717, 1.165) is 19.0 Å². The van der Waals surface area contributed by atoms with Crippen LogP contribution < -0.4 is 5.32 Å². The summed E-state index contributed by atoms with van der Waals surface area (Å²) in [6.45, 7) is 6.47. The maximum atomic E-state index is 8.93. The first kappa shape index (κ1) is 12.8. The summed E-state index contributed by atoms with van der Waals surface area (Å²) in [5.74, 6) is 1.45. The second-order valence-electron chi connectivity index (χ2n) is 4.86. The monoisotopic (exact) mass is 245 g/mol. The summed E-state index contributed by atoms with van der Waals surface area (Å²) in [6.07, 6.45) is 4.11. The van der Waals surface area contributed by atoms with E-state index in [4.69, 9.17) is 5.26 Å². The van der Waals surface area contributed by atoms with Crippen molar-refractivity contribution >= 4 is 5.82 Å². The van der Waals surface area contributed by atoms with Crippen molar-refractivity contribution in [3.8, 4) is 6.07 Å². The molecule has 0 bridgehead atoms. The third kappa shape index (κ3) is 3.41. The van der Waals surface area contributed by atoms with Gasteiger partial charge in [-0.2, -0.15) is 10.4 Å². The van der Waals surface area contributed by atoms with E-state index in [1.54, 1.807) is 6.07 Å². The Kier molecular flexibility index (Phi) is 4.48. The summed E-state index contributed by atoms with van der Waals surface area (Å²) in [5, 5.41) is 19.8. The Labute approximate surface area is 108 Å². The lowest BCUT2D eigenvalue weighted by Crippen LogP contribution is -2.36. The van der Waals surface area contributed by atoms with Crippen molar-refractivity contribution in [2.75, 3.05) is 31.5 Å². The van der Waals surface area contributed by atoms with Gasteiger partial charge in [0, 0.05) is 13.1 Å². The molecule has 2 heterocycles. The second kappa shape index (κ2) is 6.31. The fourth-order valence-corrected chi connectivity index (χ4v) is 2.17. The van der Waals surface area contributed by atoms with Gasteiger partial charge in [0.1, 0.15) is 6.07 Å². The van der Waals surface area contributed by atoms with Gasteiger partial charge in [-0.3, -0.25) is 0 Å². The van der Waals surface area contributed by atoms with E-state index in [9.17, 15) is 0 Å². The molecule has 1 saturated heterocycles. The molecule has 0 amide bonds. The van der Waals surface area contributed by atoms with E-state index in [-0.39, 0.29) is 0 Å². The van der Waals surface area contributed by atoms with Gasteiger partial charge in [0.05, 0.1) is 11.8 Å². The van der Waals surface area contributed by atoms with E-state index in [1.165, 1.54) is 32.1 Å². The molecule has 2 rings (SSSR count). The molecule has 1 aliphatic rings. The molecular weight excluding hydrogens is 226 g/mol. The Bertz CT molecular complexity index is 418. The van der Waals surface area contributed by atoms with Crippen molar-refractivity contribution in [3.63, 3.8) is 0 Å². The van der Waals surface area contributed by atoms with Gasteiger partial charge in [-0.05, 0) is 37.9 Å². The summed E-state index contributed by atoms with van der Waals surface area (Å²) >= 11 is 0. The van der Waals surface area contributed by atoms with Crippen molar-refractivity contribution in [1.29, 1.82) is 5.26 Å². The molecule has 1 fully saturated rings. The number of hydrogen-bond donors (Lipinski definition) is 1. The van der Waals surface area contributed by atoms with Crippen molar-refractivity contribution in [2.24, 2.45) is 5.92 Å². The topological polar surface area (TPSA) is 64.8 Å². The van der Waals surface area contributed by atoms with Crippen LogP contribution in [0, 0.1) is 17.2 Å². The van der Waals surface area contributed by atoms with Crippen molar-refractivity contribution in [1.82, 2.24) is 15.1 Å². The van der Waals surface area contributed by atoms with E-state index >= 15 is 0 Å². The van der Waals surface area contributed by atoms with Crippen LogP contribution in [0.1, 0.15) is 25.3 Å². The lowest BCUT2D eigenvalue weighted by Gasteiger charge is -2.30. The van der Waals surface area contributed by atoms with Crippen LogP contribution in [0.15, 0.2) is 12.3 Å². The molecule has 0 atom stereocenters. The Hall–Kier alpha value is -1.67. The third-order valence-corrected chi connectivity index (χ3v) is 3.44. The van der Waals surface area contributed by atoms with Crippen LogP contribution in [-0.2, 0) is 0 Å². The van der Waals surface area contributed by atoms with Crippen LogP contribution in [-0.4, -0.2) is 41.3 Å². The number of hydrogen-bond acceptors (Lipinski definition) is 5. The predicted molar refractivity (Wildman–Crippen MR) is 70.1 cm³/mol. The second-order valence-corrected chi connectivity index (χ2v) is 4.86. The van der Waals surface area contributed by atoms with Crippen LogP contribution in [0.2, 0.25) is 0 Å². The maximum absolute atomic E-state index is 8.93. The first-order valence-corrected chi connectivity index (χ1v) is 6.47. The smallest absolute Gasteiger partial charge is 0.166 e. The van der Waals surface area contributed by atoms with Crippen LogP contribution in [0.25, 0.3) is 0 Å². The highest BCUT2D eigenvalue weighted by Crippen LogP contribution is 2.15. The Morgan fingerprint density at radius 3 is 3.00 bits per heavy atom. The van der Waals surface area contributed by atoms with Gasteiger partial charge in [0.15, 0.2) is 5.82 Å². The molecule has 1 aromatic heterocycles. The Balaban J connectivity index is 1.77. The lowest BCUT2D eigenvalue weighted by molar-refractivity contribution is 0.199. The fourth-order valence-electron chi connectivity index (χ4n) is 2.17. The largest absolute Gasteiger partial charge is 0.366 e. The van der Waals surface area contributed by atoms with Crippen molar-refractivity contribution in [3.05, 3.63) is 17.8 Å². The van der Waals surface area contributed by atoms with Crippen LogP contribution in [0.4, 0.5) is 5.82 Å². The first-order valence-electron chi connectivity index (χ1n) is 6.47. The number of nitriles is 1. The van der Waals surface area contributed by atoms with E-state index in [2.05, 4.69) is 33.4 Å². The number of nitrogens with zero attached hydrogens (tertiary/aromatic N) is 4. The average molecular weight is 245 g/mol. The minimum Gasteiger partial charge on any atom is -0.366 e. The molecule has 1 aliphatic heterocycles. The molecule has 5 nitrogen and oxygen atoms in total. The van der Waals surface area contributed by atoms with Gasteiger partial charge in [-0.1, -0.05) is 6.92 Å². The molecule has 18 heavy (non-hydrogen) atoms. The number of likely N-dealkylation sites (tertiary alicyclic amines) is 1. The van der Waals surface area contributed by atoms with Crippen LogP contribution in [0.5, 0.6) is 0 Å². The van der Waals surface area contributed by atoms with E-state index in [0.29, 0.717) is 11.4 Å². The average Bonchev–Trinajstić information content (AvgIpc) is 2.41. The summed E-state index contributed by atoms with van der Waals surface area (Å²) < 4.78 is 0. The first-order chi connectivity index (χ1) is 8.79. The van der Waals surface area contributed by atoms with Gasteiger partial charge < -0.3 is 10.2 Å². The molecule has 0 aliphatic carbocycles. The summed E-state index contributed by atoms with van der Waals surface area (Å²) in [6, 6.07) is 3.79. The standard InChI is InChI=1S/C13H19N5/c1-11-3-7-18(8-4-11)9-6-15-13-12(10-14)2-5-16-17-13/h2,5,11H,3-4,6-9H2,1H3,(H,15,17). The predicted octanol–water partition coefficient (Wildman–Crippen LogP) is 1.49. The zero-order chi connectivity index (χ0) is 12.8. The normalized spacial score (nSPS) is 17.3. The number of rotatable bonds is 4. The van der Waals surface area contributed by atoms with Gasteiger partial charge in [0.2, 0.25) is 0 Å². The highest BCUT2D eigenvalue weighted by molar-refractivity contribution is 5.49. The molecule has 0 saturated carbocycles. The molecule has 96 valence electrons. The zero-order valence-electron chi connectivity index (χ0n) is 10.8. The quantitative estimate of drug-likeness (QED) is 0.870. The number of nitrogens with one attached hydrogen (secondary N) is 1. The molecule has 0 radical (unpaired) electrons. The Morgan fingerprint density at radius 1 is 1.50 bits per heavy atom. The third-order valence-electron chi connectivity index (χ3n) is 3.44. The van der Waals surface area contributed by atoms with Gasteiger partial charge in [-0.25, -0.2) is 0 Å². The minimum absolute atomic E-state index is 0.553. The molecule has 0 spiro atoms. The molecule has 1 aromatic rings. The number of piperidine rings is 1. The Morgan fingerprint density at radius 2 is 2.28 bits per heavy atom. The fraction of sp³-hybridized carbons (Fsp3) is 0.615. The van der Waals surface area contributed by atoms with Crippen LogP contribution in [0.3, 0.4) is 0 Å². The molecule has 5 heteroatoms. The van der Waals surface area contributed by atoms with Crippen molar-refractivity contribution < 1.29 is 0 Å². The number of anilines is 1. The minimum atomic E-state index is 0.553. The summed E-state index contributed by atoms with van der Waals surface area (Å²) in [5.41, 5.74) is 0.553. The van der Waals surface area contributed by atoms with Gasteiger partial charge >= 0.3 is 0 Å². The number of aromatic nitrogens is 2. The van der Waals surface area contributed by atoms with Crippen molar-refractivity contribution in [2.45, 2.75) is 19.8 Å². The van der Waals surface area contributed by atoms with Gasteiger partial charge in [0.25, 0.3) is 0 Å². The maximum Gasteiger partial charge on any atom is 0.166 e. The SMILES string of the molecule is CC1CCN(CCNc2nnccc2C#N)CC1. The molecular formula is C13H19N5. The molecule has 0 aromatic carbocycles. The molecule has 1 N–H and O–H groups in total. The van der Waals surface area contributed by atoms with E-state index < -0.39 is 0 Å².